The molecule has 5 heteroatoms. The van der Waals surface area contributed by atoms with Crippen molar-refractivity contribution in [2.24, 2.45) is 0 Å². The van der Waals surface area contributed by atoms with Crippen LogP contribution < -0.4 is 5.32 Å². The zero-order chi connectivity index (χ0) is 9.90. The Morgan fingerprint density at radius 1 is 1.54 bits per heavy atom. The molecule has 0 amide bonds. The van der Waals surface area contributed by atoms with Crippen molar-refractivity contribution in [3.63, 3.8) is 0 Å². The molecule has 1 aliphatic rings. The van der Waals surface area contributed by atoms with Gasteiger partial charge in [0.15, 0.2) is 0 Å². The molecular formula is C8H11F2NO2. The lowest BCUT2D eigenvalue weighted by Gasteiger charge is -2.16. The lowest BCUT2D eigenvalue weighted by molar-refractivity contribution is -0.164. The maximum Gasteiger partial charge on any atom is 0.375 e. The molecule has 2 N–H and O–H groups in total. The summed E-state index contributed by atoms with van der Waals surface area (Å²) in [5.41, 5.74) is 0. The Morgan fingerprint density at radius 3 is 2.54 bits per heavy atom. The van der Waals surface area contributed by atoms with E-state index in [1.807, 2.05) is 12.2 Å². The molecule has 3 nitrogen and oxygen atoms in total. The topological polar surface area (TPSA) is 49.3 Å². The highest BCUT2D eigenvalue weighted by molar-refractivity contribution is 5.75. The molecule has 0 unspecified atom stereocenters. The number of carbonyl (C=O) groups is 1. The number of carboxylic acid groups (broad SMARTS) is 1. The number of alkyl halides is 2. The van der Waals surface area contributed by atoms with Gasteiger partial charge in [-0.3, -0.25) is 0 Å². The van der Waals surface area contributed by atoms with Gasteiger partial charge >= 0.3 is 11.9 Å². The van der Waals surface area contributed by atoms with Gasteiger partial charge in [0.2, 0.25) is 0 Å². The Hall–Kier alpha value is -0.970. The van der Waals surface area contributed by atoms with Gasteiger partial charge in [-0.15, -0.1) is 0 Å². The zero-order valence-electron chi connectivity index (χ0n) is 6.96. The minimum atomic E-state index is -3.66. The first kappa shape index (κ1) is 10.1. The van der Waals surface area contributed by atoms with Crippen molar-refractivity contribution in [1.82, 2.24) is 5.32 Å². The van der Waals surface area contributed by atoms with Crippen molar-refractivity contribution in [3.8, 4) is 0 Å². The number of hydrogen-bond acceptors (Lipinski definition) is 2. The molecule has 74 valence electrons. The molecule has 0 saturated heterocycles. The van der Waals surface area contributed by atoms with Gasteiger partial charge in [-0.05, 0) is 12.8 Å². The molecule has 0 aliphatic heterocycles. The Morgan fingerprint density at radius 2 is 2.08 bits per heavy atom. The number of halogens is 2. The van der Waals surface area contributed by atoms with E-state index in [1.54, 1.807) is 0 Å². The molecule has 13 heavy (non-hydrogen) atoms. The Kier molecular flexibility index (Phi) is 2.98. The number of nitrogens with one attached hydrogen (secondary N) is 1. The van der Waals surface area contributed by atoms with E-state index in [1.165, 1.54) is 0 Å². The van der Waals surface area contributed by atoms with Crippen LogP contribution in [-0.2, 0) is 4.79 Å². The first-order chi connectivity index (χ1) is 6.02. The average molecular weight is 191 g/mol. The summed E-state index contributed by atoms with van der Waals surface area (Å²) < 4.78 is 25.0. The summed E-state index contributed by atoms with van der Waals surface area (Å²) in [6, 6.07) is -0.0368. The summed E-state index contributed by atoms with van der Waals surface area (Å²) in [5, 5.41) is 10.6. The first-order valence-corrected chi connectivity index (χ1v) is 4.02. The molecule has 0 radical (unpaired) electrons. The molecule has 0 aromatic carbocycles. The summed E-state index contributed by atoms with van der Waals surface area (Å²) in [5.74, 6) is -5.74. The second kappa shape index (κ2) is 3.83. The van der Waals surface area contributed by atoms with Crippen molar-refractivity contribution < 1.29 is 18.7 Å². The van der Waals surface area contributed by atoms with Crippen molar-refractivity contribution in [3.05, 3.63) is 12.2 Å². The molecule has 0 spiro atoms. The molecule has 0 aromatic rings. The minimum absolute atomic E-state index is 0.0368. The predicted octanol–water partition coefficient (Wildman–Crippen LogP) is 1.01. The second-order valence-corrected chi connectivity index (χ2v) is 3.03. The van der Waals surface area contributed by atoms with E-state index in [0.717, 1.165) is 0 Å². The summed E-state index contributed by atoms with van der Waals surface area (Å²) in [6.45, 7) is -0.797. The summed E-state index contributed by atoms with van der Waals surface area (Å²) in [7, 11) is 0. The van der Waals surface area contributed by atoms with Gasteiger partial charge in [0, 0.05) is 6.04 Å². The van der Waals surface area contributed by atoms with Gasteiger partial charge < -0.3 is 10.4 Å². The van der Waals surface area contributed by atoms with Crippen molar-refractivity contribution >= 4 is 5.97 Å². The fraction of sp³-hybridized carbons (Fsp3) is 0.625. The third-order valence-corrected chi connectivity index (χ3v) is 1.93. The SMILES string of the molecule is O=C(O)C(F)(F)CNC1CC=CC1. The summed E-state index contributed by atoms with van der Waals surface area (Å²) >= 11 is 0. The van der Waals surface area contributed by atoms with E-state index in [-0.39, 0.29) is 6.04 Å². The average Bonchev–Trinajstić information content (AvgIpc) is 2.52. The highest BCUT2D eigenvalue weighted by atomic mass is 19.3. The van der Waals surface area contributed by atoms with Crippen LogP contribution in [0, 0.1) is 0 Å². The van der Waals surface area contributed by atoms with E-state index in [9.17, 15) is 13.6 Å². The Balaban J connectivity index is 2.28. The highest BCUT2D eigenvalue weighted by Gasteiger charge is 2.38. The third-order valence-electron chi connectivity index (χ3n) is 1.93. The smallest absolute Gasteiger partial charge is 0.375 e. The summed E-state index contributed by atoms with van der Waals surface area (Å²) in [6.07, 6.45) is 5.15. The van der Waals surface area contributed by atoms with Crippen LogP contribution in [0.25, 0.3) is 0 Å². The molecule has 0 atom stereocenters. The fourth-order valence-corrected chi connectivity index (χ4v) is 1.13. The Bertz CT molecular complexity index is 220. The van der Waals surface area contributed by atoms with E-state index >= 15 is 0 Å². The second-order valence-electron chi connectivity index (χ2n) is 3.03. The number of hydrogen-bond donors (Lipinski definition) is 2. The van der Waals surface area contributed by atoms with Crippen LogP contribution in [0.15, 0.2) is 12.2 Å². The Labute approximate surface area is 74.4 Å². The maximum atomic E-state index is 12.5. The van der Waals surface area contributed by atoms with Gasteiger partial charge in [0.1, 0.15) is 0 Å². The fourth-order valence-electron chi connectivity index (χ4n) is 1.13. The highest BCUT2D eigenvalue weighted by Crippen LogP contribution is 2.15. The summed E-state index contributed by atoms with van der Waals surface area (Å²) in [4.78, 5) is 10.0. The van der Waals surface area contributed by atoms with Gasteiger partial charge in [-0.25, -0.2) is 4.79 Å². The number of rotatable bonds is 4. The molecule has 0 aromatic heterocycles. The van der Waals surface area contributed by atoms with Crippen molar-refractivity contribution in [2.75, 3.05) is 6.54 Å². The molecule has 0 fully saturated rings. The zero-order valence-corrected chi connectivity index (χ0v) is 6.96. The van der Waals surface area contributed by atoms with E-state index < -0.39 is 18.4 Å². The molecule has 0 bridgehead atoms. The van der Waals surface area contributed by atoms with E-state index in [0.29, 0.717) is 12.8 Å². The van der Waals surface area contributed by atoms with Crippen LogP contribution in [0.3, 0.4) is 0 Å². The van der Waals surface area contributed by atoms with Gasteiger partial charge in [0.05, 0.1) is 6.54 Å². The normalized spacial score (nSPS) is 18.0. The largest absolute Gasteiger partial charge is 0.477 e. The number of carboxylic acids is 1. The molecule has 0 saturated carbocycles. The lowest BCUT2D eigenvalue weighted by Crippen LogP contribution is -2.43. The van der Waals surface area contributed by atoms with Crippen LogP contribution in [0.1, 0.15) is 12.8 Å². The quantitative estimate of drug-likeness (QED) is 0.652. The van der Waals surface area contributed by atoms with Crippen molar-refractivity contribution in [1.29, 1.82) is 0 Å². The maximum absolute atomic E-state index is 12.5. The van der Waals surface area contributed by atoms with E-state index in [4.69, 9.17) is 5.11 Å². The van der Waals surface area contributed by atoms with Gasteiger partial charge in [-0.2, -0.15) is 8.78 Å². The lowest BCUT2D eigenvalue weighted by atomic mass is 10.2. The monoisotopic (exact) mass is 191 g/mol. The van der Waals surface area contributed by atoms with Gasteiger partial charge in [0.25, 0.3) is 0 Å². The van der Waals surface area contributed by atoms with Gasteiger partial charge in [-0.1, -0.05) is 12.2 Å². The molecule has 1 rings (SSSR count). The molecular weight excluding hydrogens is 180 g/mol. The van der Waals surface area contributed by atoms with Crippen LogP contribution in [0.4, 0.5) is 8.78 Å². The van der Waals surface area contributed by atoms with Crippen molar-refractivity contribution in [2.45, 2.75) is 24.8 Å². The predicted molar refractivity (Wildman–Crippen MR) is 42.7 cm³/mol. The first-order valence-electron chi connectivity index (χ1n) is 4.02. The minimum Gasteiger partial charge on any atom is -0.477 e. The number of aliphatic carboxylic acids is 1. The van der Waals surface area contributed by atoms with Crippen LogP contribution in [0.5, 0.6) is 0 Å². The van der Waals surface area contributed by atoms with Crippen LogP contribution >= 0.6 is 0 Å². The molecule has 1 aliphatic carbocycles. The van der Waals surface area contributed by atoms with E-state index in [2.05, 4.69) is 5.32 Å². The third kappa shape index (κ3) is 2.77. The molecule has 0 heterocycles. The van der Waals surface area contributed by atoms with Crippen LogP contribution in [-0.4, -0.2) is 29.6 Å². The standard InChI is InChI=1S/C8H11F2NO2/c9-8(10,7(12)13)5-11-6-3-1-2-4-6/h1-2,6,11H,3-5H2,(H,12,13). The van der Waals surface area contributed by atoms with Crippen LogP contribution in [0.2, 0.25) is 0 Å².